The molecule has 1 aliphatic rings. The van der Waals surface area contributed by atoms with E-state index in [1.54, 1.807) is 22.9 Å². The molecule has 0 aliphatic carbocycles. The summed E-state index contributed by atoms with van der Waals surface area (Å²) < 4.78 is 0. The molecule has 2 amide bonds. The number of fused-ring (bicyclic) bond motifs is 1. The molecule has 6 nitrogen and oxygen atoms in total. The summed E-state index contributed by atoms with van der Waals surface area (Å²) in [7, 11) is 0. The van der Waals surface area contributed by atoms with Crippen molar-refractivity contribution in [2.75, 3.05) is 26.2 Å². The van der Waals surface area contributed by atoms with Crippen LogP contribution in [0.2, 0.25) is 0 Å². The van der Waals surface area contributed by atoms with Gasteiger partial charge in [0.05, 0.1) is 17.3 Å². The quantitative estimate of drug-likeness (QED) is 0.837. The van der Waals surface area contributed by atoms with Crippen molar-refractivity contribution in [1.82, 2.24) is 20.0 Å². The summed E-state index contributed by atoms with van der Waals surface area (Å²) in [4.78, 5) is 27.4. The van der Waals surface area contributed by atoms with E-state index in [1.807, 2.05) is 18.2 Å². The fourth-order valence-corrected chi connectivity index (χ4v) is 2.55. The molecule has 0 saturated carbocycles. The van der Waals surface area contributed by atoms with Crippen LogP contribution in [0.5, 0.6) is 0 Å². The molecule has 2 heterocycles. The second-order valence-corrected chi connectivity index (χ2v) is 4.94. The van der Waals surface area contributed by atoms with Crippen LogP contribution in [0.3, 0.4) is 0 Å². The Bertz CT molecular complexity index is 656. The van der Waals surface area contributed by atoms with Crippen LogP contribution in [0.15, 0.2) is 24.4 Å². The molecular formula is C14H16N4O2. The van der Waals surface area contributed by atoms with Gasteiger partial charge in [-0.1, -0.05) is 6.07 Å². The van der Waals surface area contributed by atoms with Gasteiger partial charge in [-0.2, -0.15) is 5.10 Å². The highest BCUT2D eigenvalue weighted by atomic mass is 16.2. The van der Waals surface area contributed by atoms with Gasteiger partial charge in [-0.05, 0) is 12.1 Å². The Kier molecular flexibility index (Phi) is 3.14. The molecule has 1 aromatic carbocycles. The third kappa shape index (κ3) is 2.13. The molecule has 1 aliphatic heterocycles. The number of hydrogen-bond acceptors (Lipinski definition) is 3. The van der Waals surface area contributed by atoms with Gasteiger partial charge >= 0.3 is 0 Å². The van der Waals surface area contributed by atoms with E-state index >= 15 is 0 Å². The maximum Gasteiger partial charge on any atom is 0.254 e. The van der Waals surface area contributed by atoms with Crippen molar-refractivity contribution in [1.29, 1.82) is 0 Å². The molecule has 0 radical (unpaired) electrons. The first kappa shape index (κ1) is 12.7. The van der Waals surface area contributed by atoms with E-state index in [4.69, 9.17) is 0 Å². The van der Waals surface area contributed by atoms with Crippen molar-refractivity contribution in [2.45, 2.75) is 6.92 Å². The van der Waals surface area contributed by atoms with Gasteiger partial charge in [0, 0.05) is 38.5 Å². The zero-order chi connectivity index (χ0) is 14.1. The Balaban J connectivity index is 1.80. The number of nitrogens with zero attached hydrogens (tertiary/aromatic N) is 3. The van der Waals surface area contributed by atoms with Gasteiger partial charge in [0.1, 0.15) is 0 Å². The molecule has 1 saturated heterocycles. The summed E-state index contributed by atoms with van der Waals surface area (Å²) in [6, 6.07) is 5.56. The SMILES string of the molecule is CC(=O)N1CCN(C(=O)c2cccc3[nH]ncc23)CC1. The van der Waals surface area contributed by atoms with Crippen LogP contribution in [0.1, 0.15) is 17.3 Å². The molecule has 1 fully saturated rings. The molecular weight excluding hydrogens is 256 g/mol. The molecule has 2 aromatic rings. The summed E-state index contributed by atoms with van der Waals surface area (Å²) in [5.41, 5.74) is 1.52. The summed E-state index contributed by atoms with van der Waals surface area (Å²) >= 11 is 0. The molecule has 0 bridgehead atoms. The Morgan fingerprint density at radius 3 is 2.55 bits per heavy atom. The number of aromatic amines is 1. The molecule has 0 atom stereocenters. The summed E-state index contributed by atoms with van der Waals surface area (Å²) in [6.07, 6.45) is 1.67. The number of piperazine rings is 1. The van der Waals surface area contributed by atoms with Crippen molar-refractivity contribution < 1.29 is 9.59 Å². The number of rotatable bonds is 1. The summed E-state index contributed by atoms with van der Waals surface area (Å²) in [6.45, 7) is 3.91. The highest BCUT2D eigenvalue weighted by Gasteiger charge is 2.24. The van der Waals surface area contributed by atoms with E-state index in [9.17, 15) is 9.59 Å². The minimum Gasteiger partial charge on any atom is -0.339 e. The second-order valence-electron chi connectivity index (χ2n) is 4.94. The van der Waals surface area contributed by atoms with Crippen molar-refractivity contribution in [3.05, 3.63) is 30.0 Å². The first-order valence-electron chi connectivity index (χ1n) is 6.63. The number of H-pyrrole nitrogens is 1. The maximum absolute atomic E-state index is 12.6. The molecule has 1 N–H and O–H groups in total. The number of hydrogen-bond donors (Lipinski definition) is 1. The lowest BCUT2D eigenvalue weighted by Crippen LogP contribution is -2.50. The van der Waals surface area contributed by atoms with Crippen LogP contribution >= 0.6 is 0 Å². The molecule has 0 spiro atoms. The Hall–Kier alpha value is -2.37. The van der Waals surface area contributed by atoms with E-state index in [0.717, 1.165) is 10.9 Å². The minimum absolute atomic E-state index is 0.000187. The predicted octanol–water partition coefficient (Wildman–Crippen LogP) is 0.867. The molecule has 0 unspecified atom stereocenters. The number of aromatic nitrogens is 2. The molecule has 6 heteroatoms. The van der Waals surface area contributed by atoms with E-state index in [-0.39, 0.29) is 11.8 Å². The van der Waals surface area contributed by atoms with E-state index in [1.165, 1.54) is 0 Å². The first-order valence-corrected chi connectivity index (χ1v) is 6.63. The van der Waals surface area contributed by atoms with E-state index in [0.29, 0.717) is 31.7 Å². The average Bonchev–Trinajstić information content (AvgIpc) is 2.95. The van der Waals surface area contributed by atoms with Gasteiger partial charge in [0.25, 0.3) is 5.91 Å². The van der Waals surface area contributed by atoms with Crippen LogP contribution in [-0.2, 0) is 4.79 Å². The Labute approximate surface area is 116 Å². The van der Waals surface area contributed by atoms with Gasteiger partial charge in [-0.3, -0.25) is 14.7 Å². The van der Waals surface area contributed by atoms with Crippen LogP contribution in [0.4, 0.5) is 0 Å². The highest BCUT2D eigenvalue weighted by Crippen LogP contribution is 2.18. The number of benzene rings is 1. The van der Waals surface area contributed by atoms with Crippen molar-refractivity contribution in [3.8, 4) is 0 Å². The normalized spacial score (nSPS) is 15.7. The van der Waals surface area contributed by atoms with E-state index in [2.05, 4.69) is 10.2 Å². The zero-order valence-electron chi connectivity index (χ0n) is 11.3. The minimum atomic E-state index is 0.000187. The monoisotopic (exact) mass is 272 g/mol. The third-order valence-corrected chi connectivity index (χ3v) is 3.73. The summed E-state index contributed by atoms with van der Waals surface area (Å²) in [5, 5.41) is 7.68. The zero-order valence-corrected chi connectivity index (χ0v) is 11.3. The lowest BCUT2D eigenvalue weighted by atomic mass is 10.1. The largest absolute Gasteiger partial charge is 0.339 e. The average molecular weight is 272 g/mol. The predicted molar refractivity (Wildman–Crippen MR) is 74.3 cm³/mol. The lowest BCUT2D eigenvalue weighted by Gasteiger charge is -2.34. The van der Waals surface area contributed by atoms with Crippen LogP contribution in [0, 0.1) is 0 Å². The number of nitrogens with one attached hydrogen (secondary N) is 1. The lowest BCUT2D eigenvalue weighted by molar-refractivity contribution is -0.130. The van der Waals surface area contributed by atoms with Gasteiger partial charge in [-0.25, -0.2) is 0 Å². The summed E-state index contributed by atoms with van der Waals surface area (Å²) in [5.74, 6) is 0.0641. The Morgan fingerprint density at radius 1 is 1.15 bits per heavy atom. The van der Waals surface area contributed by atoms with Crippen molar-refractivity contribution in [3.63, 3.8) is 0 Å². The first-order chi connectivity index (χ1) is 9.66. The Morgan fingerprint density at radius 2 is 1.85 bits per heavy atom. The van der Waals surface area contributed by atoms with Crippen molar-refractivity contribution in [2.24, 2.45) is 0 Å². The van der Waals surface area contributed by atoms with Gasteiger partial charge in [-0.15, -0.1) is 0 Å². The van der Waals surface area contributed by atoms with Crippen LogP contribution in [0.25, 0.3) is 10.9 Å². The maximum atomic E-state index is 12.6. The van der Waals surface area contributed by atoms with Crippen molar-refractivity contribution >= 4 is 22.7 Å². The highest BCUT2D eigenvalue weighted by molar-refractivity contribution is 6.06. The van der Waals surface area contributed by atoms with Gasteiger partial charge < -0.3 is 9.80 Å². The van der Waals surface area contributed by atoms with Gasteiger partial charge in [0.2, 0.25) is 5.91 Å². The third-order valence-electron chi connectivity index (χ3n) is 3.73. The topological polar surface area (TPSA) is 69.3 Å². The number of carbonyl (C=O) groups excluding carboxylic acids is 2. The second kappa shape index (κ2) is 4.96. The van der Waals surface area contributed by atoms with Gasteiger partial charge in [0.15, 0.2) is 0 Å². The fourth-order valence-electron chi connectivity index (χ4n) is 2.55. The van der Waals surface area contributed by atoms with Crippen LogP contribution in [-0.4, -0.2) is 58.0 Å². The standard InChI is InChI=1S/C14H16N4O2/c1-10(19)17-5-7-18(8-6-17)14(20)11-3-2-4-13-12(11)9-15-16-13/h2-4,9H,5-8H2,1H3,(H,15,16). The molecule has 1 aromatic heterocycles. The fraction of sp³-hybridized carbons (Fsp3) is 0.357. The number of amides is 2. The molecule has 104 valence electrons. The van der Waals surface area contributed by atoms with E-state index < -0.39 is 0 Å². The number of carbonyl (C=O) groups is 2. The smallest absolute Gasteiger partial charge is 0.254 e. The molecule has 20 heavy (non-hydrogen) atoms. The van der Waals surface area contributed by atoms with Crippen LogP contribution < -0.4 is 0 Å². The molecule has 3 rings (SSSR count).